The maximum atomic E-state index is 5.79. The number of nitrogens with two attached hydrogens (primary N) is 1. The highest BCUT2D eigenvalue weighted by Gasteiger charge is 2.16. The molecule has 116 valence electrons. The quantitative estimate of drug-likeness (QED) is 0.921. The predicted molar refractivity (Wildman–Crippen MR) is 84.9 cm³/mol. The number of rotatable bonds is 4. The molecule has 6 nitrogen and oxygen atoms in total. The third kappa shape index (κ3) is 3.18. The molecule has 22 heavy (non-hydrogen) atoms. The van der Waals surface area contributed by atoms with Gasteiger partial charge in [0, 0.05) is 25.2 Å². The number of hydrogen-bond donors (Lipinski definition) is 1. The standard InChI is InChI=1S/C16H20N4O2/c1-21-14-4-2-3-12(9-14)15-10-13(11-17)18-16(19-15)20-5-7-22-8-6-20/h2-4,9-10H,5-8,11,17H2,1H3. The van der Waals surface area contributed by atoms with Crippen molar-refractivity contribution >= 4 is 5.95 Å². The van der Waals surface area contributed by atoms with Gasteiger partial charge in [0.05, 0.1) is 31.7 Å². The van der Waals surface area contributed by atoms with Crippen molar-refractivity contribution in [2.75, 3.05) is 38.3 Å². The first-order valence-electron chi connectivity index (χ1n) is 7.35. The van der Waals surface area contributed by atoms with Gasteiger partial charge in [-0.2, -0.15) is 0 Å². The first kappa shape index (κ1) is 14.7. The number of nitrogens with zero attached hydrogens (tertiary/aromatic N) is 3. The van der Waals surface area contributed by atoms with Crippen LogP contribution < -0.4 is 15.4 Å². The molecule has 0 radical (unpaired) electrons. The summed E-state index contributed by atoms with van der Waals surface area (Å²) in [7, 11) is 1.66. The zero-order valence-corrected chi connectivity index (χ0v) is 12.7. The summed E-state index contributed by atoms with van der Waals surface area (Å²) < 4.78 is 10.7. The van der Waals surface area contributed by atoms with E-state index in [0.29, 0.717) is 25.7 Å². The summed E-state index contributed by atoms with van der Waals surface area (Å²) in [6.07, 6.45) is 0. The summed E-state index contributed by atoms with van der Waals surface area (Å²) in [5, 5.41) is 0. The van der Waals surface area contributed by atoms with Gasteiger partial charge >= 0.3 is 0 Å². The summed E-state index contributed by atoms with van der Waals surface area (Å²) in [5.74, 6) is 1.52. The molecule has 0 unspecified atom stereocenters. The number of hydrogen-bond acceptors (Lipinski definition) is 6. The van der Waals surface area contributed by atoms with Crippen LogP contribution in [0.4, 0.5) is 5.95 Å². The van der Waals surface area contributed by atoms with Gasteiger partial charge in [-0.05, 0) is 18.2 Å². The first-order chi connectivity index (χ1) is 10.8. The van der Waals surface area contributed by atoms with Gasteiger partial charge in [0.1, 0.15) is 5.75 Å². The molecule has 2 heterocycles. The SMILES string of the molecule is COc1cccc(-c2cc(CN)nc(N3CCOCC3)n2)c1. The van der Waals surface area contributed by atoms with E-state index >= 15 is 0 Å². The van der Waals surface area contributed by atoms with Crippen molar-refractivity contribution in [3.8, 4) is 17.0 Å². The van der Waals surface area contributed by atoms with Crippen molar-refractivity contribution < 1.29 is 9.47 Å². The Balaban J connectivity index is 1.99. The minimum absolute atomic E-state index is 0.386. The molecule has 0 spiro atoms. The highest BCUT2D eigenvalue weighted by atomic mass is 16.5. The van der Waals surface area contributed by atoms with E-state index in [-0.39, 0.29) is 0 Å². The third-order valence-corrected chi connectivity index (χ3v) is 3.64. The van der Waals surface area contributed by atoms with Gasteiger partial charge in [0.15, 0.2) is 0 Å². The fourth-order valence-corrected chi connectivity index (χ4v) is 2.42. The second-order valence-electron chi connectivity index (χ2n) is 5.08. The lowest BCUT2D eigenvalue weighted by Gasteiger charge is -2.27. The van der Waals surface area contributed by atoms with Gasteiger partial charge in [-0.3, -0.25) is 0 Å². The van der Waals surface area contributed by atoms with Gasteiger partial charge in [0.25, 0.3) is 0 Å². The maximum Gasteiger partial charge on any atom is 0.226 e. The van der Waals surface area contributed by atoms with Gasteiger partial charge in [-0.25, -0.2) is 9.97 Å². The Labute approximate surface area is 129 Å². The van der Waals surface area contributed by atoms with Gasteiger partial charge < -0.3 is 20.1 Å². The van der Waals surface area contributed by atoms with E-state index in [1.54, 1.807) is 7.11 Å². The molecule has 0 atom stereocenters. The number of anilines is 1. The van der Waals surface area contributed by atoms with Crippen LogP contribution in [0.15, 0.2) is 30.3 Å². The van der Waals surface area contributed by atoms with Gasteiger partial charge in [-0.1, -0.05) is 12.1 Å². The first-order valence-corrected chi connectivity index (χ1v) is 7.35. The summed E-state index contributed by atoms with van der Waals surface area (Å²) in [5.41, 5.74) is 8.47. The molecule has 1 aromatic heterocycles. The lowest BCUT2D eigenvalue weighted by atomic mass is 10.1. The number of aromatic nitrogens is 2. The van der Waals surface area contributed by atoms with Crippen LogP contribution in [0.1, 0.15) is 5.69 Å². The second-order valence-corrected chi connectivity index (χ2v) is 5.08. The Bertz CT molecular complexity index is 642. The van der Waals surface area contributed by atoms with Gasteiger partial charge in [0.2, 0.25) is 5.95 Å². The minimum Gasteiger partial charge on any atom is -0.497 e. The molecule has 3 rings (SSSR count). The molecular formula is C16H20N4O2. The number of ether oxygens (including phenoxy) is 2. The highest BCUT2D eigenvalue weighted by molar-refractivity contribution is 5.63. The topological polar surface area (TPSA) is 73.5 Å². The second kappa shape index (κ2) is 6.72. The van der Waals surface area contributed by atoms with Crippen molar-refractivity contribution in [3.05, 3.63) is 36.0 Å². The zero-order valence-electron chi connectivity index (χ0n) is 12.7. The van der Waals surface area contributed by atoms with Crippen LogP contribution in [0.2, 0.25) is 0 Å². The normalized spacial score (nSPS) is 14.9. The van der Waals surface area contributed by atoms with E-state index in [1.807, 2.05) is 30.3 Å². The van der Waals surface area contributed by atoms with E-state index in [0.717, 1.165) is 35.8 Å². The molecule has 1 aliphatic heterocycles. The van der Waals surface area contributed by atoms with Crippen LogP contribution in [-0.4, -0.2) is 43.4 Å². The highest BCUT2D eigenvalue weighted by Crippen LogP contribution is 2.24. The average Bonchev–Trinajstić information content (AvgIpc) is 2.62. The number of morpholine rings is 1. The third-order valence-electron chi connectivity index (χ3n) is 3.64. The Morgan fingerprint density at radius 2 is 2.05 bits per heavy atom. The van der Waals surface area contributed by atoms with Crippen LogP contribution in [0.5, 0.6) is 5.75 Å². The molecule has 1 aliphatic rings. The van der Waals surface area contributed by atoms with E-state index in [9.17, 15) is 0 Å². The van der Waals surface area contributed by atoms with Crippen molar-refractivity contribution in [2.24, 2.45) is 5.73 Å². The van der Waals surface area contributed by atoms with Crippen molar-refractivity contribution in [1.29, 1.82) is 0 Å². The van der Waals surface area contributed by atoms with Crippen LogP contribution in [0.25, 0.3) is 11.3 Å². The average molecular weight is 300 g/mol. The fraction of sp³-hybridized carbons (Fsp3) is 0.375. The van der Waals surface area contributed by atoms with E-state index in [4.69, 9.17) is 20.2 Å². The van der Waals surface area contributed by atoms with Gasteiger partial charge in [-0.15, -0.1) is 0 Å². The van der Waals surface area contributed by atoms with Crippen LogP contribution >= 0.6 is 0 Å². The van der Waals surface area contributed by atoms with Crippen LogP contribution in [0, 0.1) is 0 Å². The van der Waals surface area contributed by atoms with E-state index in [1.165, 1.54) is 0 Å². The summed E-state index contributed by atoms with van der Waals surface area (Å²) in [6, 6.07) is 9.77. The maximum absolute atomic E-state index is 5.79. The van der Waals surface area contributed by atoms with Crippen LogP contribution in [-0.2, 0) is 11.3 Å². The summed E-state index contributed by atoms with van der Waals surface area (Å²) in [6.45, 7) is 3.38. The summed E-state index contributed by atoms with van der Waals surface area (Å²) >= 11 is 0. The molecule has 0 amide bonds. The number of benzene rings is 1. The molecule has 0 bridgehead atoms. The van der Waals surface area contributed by atoms with Crippen molar-refractivity contribution in [3.63, 3.8) is 0 Å². The molecule has 1 aromatic carbocycles. The Morgan fingerprint density at radius 1 is 1.23 bits per heavy atom. The van der Waals surface area contributed by atoms with E-state index < -0.39 is 0 Å². The van der Waals surface area contributed by atoms with Crippen LogP contribution in [0.3, 0.4) is 0 Å². The molecular weight excluding hydrogens is 280 g/mol. The largest absolute Gasteiger partial charge is 0.497 e. The Morgan fingerprint density at radius 3 is 2.77 bits per heavy atom. The number of methoxy groups -OCH3 is 1. The van der Waals surface area contributed by atoms with Crippen molar-refractivity contribution in [2.45, 2.75) is 6.54 Å². The molecule has 0 saturated carbocycles. The molecule has 2 aromatic rings. The Hall–Kier alpha value is -2.18. The monoisotopic (exact) mass is 300 g/mol. The van der Waals surface area contributed by atoms with Crippen molar-refractivity contribution in [1.82, 2.24) is 9.97 Å². The molecule has 1 saturated heterocycles. The smallest absolute Gasteiger partial charge is 0.226 e. The predicted octanol–water partition coefficient (Wildman–Crippen LogP) is 1.45. The molecule has 6 heteroatoms. The lowest BCUT2D eigenvalue weighted by molar-refractivity contribution is 0.122. The zero-order chi connectivity index (χ0) is 15.4. The molecule has 0 aliphatic carbocycles. The minimum atomic E-state index is 0.386. The van der Waals surface area contributed by atoms with E-state index in [2.05, 4.69) is 9.88 Å². The Kier molecular flexibility index (Phi) is 4.50. The fourth-order valence-electron chi connectivity index (χ4n) is 2.42. The molecule has 1 fully saturated rings. The lowest BCUT2D eigenvalue weighted by Crippen LogP contribution is -2.37. The molecule has 2 N–H and O–H groups in total. The summed E-state index contributed by atoms with van der Waals surface area (Å²) in [4.78, 5) is 11.4.